The first-order valence-corrected chi connectivity index (χ1v) is 5.86. The SMILES string of the molecule is C#CC(CC)NCc1ccc2ncccc2c1. The van der Waals surface area contributed by atoms with E-state index < -0.39 is 0 Å². The first-order chi connectivity index (χ1) is 8.33. The smallest absolute Gasteiger partial charge is 0.0702 e. The van der Waals surface area contributed by atoms with Crippen LogP contribution in [0.3, 0.4) is 0 Å². The molecule has 1 unspecified atom stereocenters. The van der Waals surface area contributed by atoms with Crippen molar-refractivity contribution in [3.63, 3.8) is 0 Å². The second kappa shape index (κ2) is 5.47. The topological polar surface area (TPSA) is 24.9 Å². The van der Waals surface area contributed by atoms with Gasteiger partial charge in [-0.25, -0.2) is 0 Å². The van der Waals surface area contributed by atoms with Crippen molar-refractivity contribution in [1.29, 1.82) is 0 Å². The molecule has 1 N–H and O–H groups in total. The first kappa shape index (κ1) is 11.6. The molecule has 86 valence electrons. The molecule has 1 aromatic carbocycles. The van der Waals surface area contributed by atoms with E-state index in [0.29, 0.717) is 0 Å². The molecule has 0 aliphatic rings. The molecule has 17 heavy (non-hydrogen) atoms. The molecule has 0 aliphatic carbocycles. The van der Waals surface area contributed by atoms with Gasteiger partial charge in [-0.1, -0.05) is 25.0 Å². The third-order valence-electron chi connectivity index (χ3n) is 2.83. The number of aromatic nitrogens is 1. The Morgan fingerprint density at radius 2 is 2.29 bits per heavy atom. The van der Waals surface area contributed by atoms with Gasteiger partial charge in [0.2, 0.25) is 0 Å². The molecule has 0 amide bonds. The van der Waals surface area contributed by atoms with Crippen LogP contribution in [0, 0.1) is 12.3 Å². The molecule has 1 aromatic heterocycles. The summed E-state index contributed by atoms with van der Waals surface area (Å²) in [5, 5.41) is 4.51. The van der Waals surface area contributed by atoms with Gasteiger partial charge in [-0.2, -0.15) is 0 Å². The molecule has 0 aliphatic heterocycles. The van der Waals surface area contributed by atoms with Gasteiger partial charge in [-0.05, 0) is 30.2 Å². The van der Waals surface area contributed by atoms with Gasteiger partial charge in [0.25, 0.3) is 0 Å². The highest BCUT2D eigenvalue weighted by Crippen LogP contribution is 2.13. The largest absolute Gasteiger partial charge is 0.300 e. The number of nitrogens with one attached hydrogen (secondary N) is 1. The number of fused-ring (bicyclic) bond motifs is 1. The van der Waals surface area contributed by atoms with Gasteiger partial charge in [0.15, 0.2) is 0 Å². The molecule has 0 saturated heterocycles. The minimum Gasteiger partial charge on any atom is -0.300 e. The molecule has 2 nitrogen and oxygen atoms in total. The first-order valence-electron chi connectivity index (χ1n) is 5.86. The molecule has 2 aromatic rings. The average Bonchev–Trinajstić information content (AvgIpc) is 2.40. The summed E-state index contributed by atoms with van der Waals surface area (Å²) in [4.78, 5) is 4.30. The fourth-order valence-electron chi connectivity index (χ4n) is 1.80. The van der Waals surface area contributed by atoms with Crippen molar-refractivity contribution in [1.82, 2.24) is 10.3 Å². The Balaban J connectivity index is 2.12. The normalized spacial score (nSPS) is 12.2. The van der Waals surface area contributed by atoms with E-state index in [1.807, 2.05) is 18.3 Å². The van der Waals surface area contributed by atoms with Crippen LogP contribution in [0.5, 0.6) is 0 Å². The Labute approximate surface area is 102 Å². The van der Waals surface area contributed by atoms with E-state index in [0.717, 1.165) is 18.5 Å². The molecule has 0 spiro atoms. The number of terminal acetylenes is 1. The molecule has 0 radical (unpaired) electrons. The van der Waals surface area contributed by atoms with Gasteiger partial charge in [0.1, 0.15) is 0 Å². The van der Waals surface area contributed by atoms with Crippen molar-refractivity contribution in [2.75, 3.05) is 0 Å². The summed E-state index contributed by atoms with van der Waals surface area (Å²) in [6, 6.07) is 10.5. The van der Waals surface area contributed by atoms with E-state index in [2.05, 4.69) is 41.3 Å². The monoisotopic (exact) mass is 224 g/mol. The number of hydrogen-bond donors (Lipinski definition) is 1. The molecule has 0 fully saturated rings. The molecule has 1 heterocycles. The highest BCUT2D eigenvalue weighted by molar-refractivity contribution is 5.78. The Kier molecular flexibility index (Phi) is 3.74. The Bertz CT molecular complexity index is 540. The van der Waals surface area contributed by atoms with E-state index in [4.69, 9.17) is 6.42 Å². The van der Waals surface area contributed by atoms with Gasteiger partial charge in [-0.3, -0.25) is 10.3 Å². The van der Waals surface area contributed by atoms with Crippen LogP contribution in [0.1, 0.15) is 18.9 Å². The lowest BCUT2D eigenvalue weighted by molar-refractivity contribution is 0.593. The van der Waals surface area contributed by atoms with Crippen LogP contribution in [0.15, 0.2) is 36.5 Å². The van der Waals surface area contributed by atoms with Crippen molar-refractivity contribution in [2.24, 2.45) is 0 Å². The van der Waals surface area contributed by atoms with Gasteiger partial charge in [0, 0.05) is 18.1 Å². The molecule has 0 bridgehead atoms. The molecule has 0 saturated carbocycles. The summed E-state index contributed by atoms with van der Waals surface area (Å²) in [7, 11) is 0. The van der Waals surface area contributed by atoms with Crippen molar-refractivity contribution < 1.29 is 0 Å². The maximum absolute atomic E-state index is 5.42. The van der Waals surface area contributed by atoms with E-state index in [9.17, 15) is 0 Å². The van der Waals surface area contributed by atoms with E-state index in [1.54, 1.807) is 0 Å². The lowest BCUT2D eigenvalue weighted by Gasteiger charge is -2.10. The molecule has 2 heteroatoms. The van der Waals surface area contributed by atoms with Crippen LogP contribution in [-0.2, 0) is 6.54 Å². The second-order valence-electron chi connectivity index (χ2n) is 4.04. The number of nitrogens with zero attached hydrogens (tertiary/aromatic N) is 1. The number of hydrogen-bond acceptors (Lipinski definition) is 2. The predicted molar refractivity (Wildman–Crippen MR) is 71.5 cm³/mol. The molecule has 2 rings (SSSR count). The third-order valence-corrected chi connectivity index (χ3v) is 2.83. The van der Waals surface area contributed by atoms with Gasteiger partial charge in [-0.15, -0.1) is 6.42 Å². The van der Waals surface area contributed by atoms with Crippen LogP contribution in [0.25, 0.3) is 10.9 Å². The summed E-state index contributed by atoms with van der Waals surface area (Å²) in [6.45, 7) is 2.88. The zero-order chi connectivity index (χ0) is 12.1. The molecule has 1 atom stereocenters. The third kappa shape index (κ3) is 2.83. The average molecular weight is 224 g/mol. The summed E-state index contributed by atoms with van der Waals surface area (Å²) in [5.74, 6) is 2.74. The quantitative estimate of drug-likeness (QED) is 0.808. The number of rotatable bonds is 4. The van der Waals surface area contributed by atoms with E-state index in [1.165, 1.54) is 10.9 Å². The predicted octanol–water partition coefficient (Wildman–Crippen LogP) is 2.74. The van der Waals surface area contributed by atoms with Crippen molar-refractivity contribution in [2.45, 2.75) is 25.9 Å². The van der Waals surface area contributed by atoms with Gasteiger partial charge < -0.3 is 0 Å². The fourth-order valence-corrected chi connectivity index (χ4v) is 1.80. The molecular weight excluding hydrogens is 208 g/mol. The maximum Gasteiger partial charge on any atom is 0.0702 e. The number of pyridine rings is 1. The van der Waals surface area contributed by atoms with Crippen molar-refractivity contribution in [3.8, 4) is 12.3 Å². The fraction of sp³-hybridized carbons (Fsp3) is 0.267. The van der Waals surface area contributed by atoms with Crippen LogP contribution in [0.4, 0.5) is 0 Å². The van der Waals surface area contributed by atoms with Crippen molar-refractivity contribution >= 4 is 10.9 Å². The van der Waals surface area contributed by atoms with E-state index >= 15 is 0 Å². The summed E-state index contributed by atoms with van der Waals surface area (Å²) in [6.07, 6.45) is 8.18. The molecular formula is C15H16N2. The zero-order valence-corrected chi connectivity index (χ0v) is 9.98. The van der Waals surface area contributed by atoms with Crippen LogP contribution in [-0.4, -0.2) is 11.0 Å². The Hall–Kier alpha value is -1.85. The van der Waals surface area contributed by atoms with Gasteiger partial charge >= 0.3 is 0 Å². The van der Waals surface area contributed by atoms with Crippen LogP contribution < -0.4 is 5.32 Å². The summed E-state index contributed by atoms with van der Waals surface area (Å²) in [5.41, 5.74) is 2.26. The summed E-state index contributed by atoms with van der Waals surface area (Å²) >= 11 is 0. The van der Waals surface area contributed by atoms with Gasteiger partial charge in [0.05, 0.1) is 11.6 Å². The van der Waals surface area contributed by atoms with Crippen LogP contribution >= 0.6 is 0 Å². The second-order valence-corrected chi connectivity index (χ2v) is 4.04. The summed E-state index contributed by atoms with van der Waals surface area (Å²) < 4.78 is 0. The Morgan fingerprint density at radius 3 is 3.06 bits per heavy atom. The minimum absolute atomic E-state index is 0.152. The van der Waals surface area contributed by atoms with E-state index in [-0.39, 0.29) is 6.04 Å². The lowest BCUT2D eigenvalue weighted by Crippen LogP contribution is -2.26. The van der Waals surface area contributed by atoms with Crippen molar-refractivity contribution in [3.05, 3.63) is 42.1 Å². The zero-order valence-electron chi connectivity index (χ0n) is 9.98. The number of benzene rings is 1. The highest BCUT2D eigenvalue weighted by atomic mass is 14.9. The Morgan fingerprint density at radius 1 is 1.41 bits per heavy atom. The maximum atomic E-state index is 5.42. The van der Waals surface area contributed by atoms with Crippen LogP contribution in [0.2, 0.25) is 0 Å². The highest BCUT2D eigenvalue weighted by Gasteiger charge is 2.01. The standard InChI is InChI=1S/C15H16N2/c1-3-14(4-2)17-11-12-7-8-15-13(10-12)6-5-9-16-15/h1,5-10,14,17H,4,11H2,2H3. The minimum atomic E-state index is 0.152. The lowest BCUT2D eigenvalue weighted by atomic mass is 10.1.